The number of rotatable bonds is 5. The molecule has 1 fully saturated rings. The highest BCUT2D eigenvalue weighted by atomic mass is 16.5. The molecule has 1 aromatic carbocycles. The van der Waals surface area contributed by atoms with Gasteiger partial charge in [-0.1, -0.05) is 18.2 Å². The average Bonchev–Trinajstić information content (AvgIpc) is 3.06. The van der Waals surface area contributed by atoms with E-state index < -0.39 is 11.5 Å². The standard InChI is InChI=1S/C16H20N2O4/c19-14(17-16(9-15(20)21)6-8-22-11-16)10-18-7-5-12-3-1-2-4-13(12)18/h1-4H,5-11H2,(H,17,19)(H,20,21). The second kappa shape index (κ2) is 5.96. The maximum Gasteiger partial charge on any atom is 0.305 e. The molecule has 1 saturated heterocycles. The summed E-state index contributed by atoms with van der Waals surface area (Å²) in [7, 11) is 0. The Balaban J connectivity index is 1.64. The minimum atomic E-state index is -0.919. The molecule has 2 aliphatic rings. The molecular formula is C16H20N2O4. The predicted molar refractivity (Wildman–Crippen MR) is 80.9 cm³/mol. The molecule has 1 aromatic rings. The van der Waals surface area contributed by atoms with Crippen molar-refractivity contribution < 1.29 is 19.4 Å². The number of amides is 1. The highest BCUT2D eigenvalue weighted by Gasteiger charge is 2.39. The summed E-state index contributed by atoms with van der Waals surface area (Å²) < 4.78 is 5.30. The molecule has 1 amide bonds. The molecule has 118 valence electrons. The first-order chi connectivity index (χ1) is 10.6. The summed E-state index contributed by atoms with van der Waals surface area (Å²) in [6.45, 7) is 1.81. The molecule has 6 nitrogen and oxygen atoms in total. The number of carboxylic acids is 1. The third-order valence-corrected chi connectivity index (χ3v) is 4.32. The minimum absolute atomic E-state index is 0.102. The molecule has 1 atom stereocenters. The zero-order valence-electron chi connectivity index (χ0n) is 12.4. The normalized spacial score (nSPS) is 23.4. The topological polar surface area (TPSA) is 78.9 Å². The van der Waals surface area contributed by atoms with E-state index >= 15 is 0 Å². The quantitative estimate of drug-likeness (QED) is 0.841. The van der Waals surface area contributed by atoms with Crippen LogP contribution in [-0.4, -0.2) is 48.8 Å². The maximum absolute atomic E-state index is 12.4. The van der Waals surface area contributed by atoms with Crippen molar-refractivity contribution in [1.82, 2.24) is 5.32 Å². The number of nitrogens with one attached hydrogen (secondary N) is 1. The van der Waals surface area contributed by atoms with Crippen molar-refractivity contribution >= 4 is 17.6 Å². The SMILES string of the molecule is O=C(O)CC1(NC(=O)CN2CCc3ccccc32)CCOC1. The van der Waals surface area contributed by atoms with Gasteiger partial charge in [0.25, 0.3) is 0 Å². The molecule has 0 spiro atoms. The van der Waals surface area contributed by atoms with Crippen molar-refractivity contribution in [2.45, 2.75) is 24.8 Å². The van der Waals surface area contributed by atoms with Gasteiger partial charge in [-0.25, -0.2) is 0 Å². The van der Waals surface area contributed by atoms with Crippen molar-refractivity contribution in [3.63, 3.8) is 0 Å². The molecule has 0 bridgehead atoms. The van der Waals surface area contributed by atoms with Crippen LogP contribution >= 0.6 is 0 Å². The van der Waals surface area contributed by atoms with E-state index in [1.54, 1.807) is 0 Å². The second-order valence-electron chi connectivity index (χ2n) is 6.00. The molecule has 2 aliphatic heterocycles. The monoisotopic (exact) mass is 304 g/mol. The van der Waals surface area contributed by atoms with Crippen molar-refractivity contribution in [3.8, 4) is 0 Å². The number of hydrogen-bond donors (Lipinski definition) is 2. The Bertz CT molecular complexity index is 581. The fourth-order valence-corrected chi connectivity index (χ4v) is 3.26. The van der Waals surface area contributed by atoms with Gasteiger partial charge in [-0.3, -0.25) is 9.59 Å². The lowest BCUT2D eigenvalue weighted by molar-refractivity contribution is -0.139. The molecule has 22 heavy (non-hydrogen) atoms. The molecule has 2 N–H and O–H groups in total. The van der Waals surface area contributed by atoms with Gasteiger partial charge in [-0.05, 0) is 24.5 Å². The summed E-state index contributed by atoms with van der Waals surface area (Å²) in [5, 5.41) is 11.9. The van der Waals surface area contributed by atoms with Gasteiger partial charge < -0.3 is 20.1 Å². The molecule has 0 aromatic heterocycles. The van der Waals surface area contributed by atoms with E-state index in [2.05, 4.69) is 11.4 Å². The summed E-state index contributed by atoms with van der Waals surface area (Å²) >= 11 is 0. The van der Waals surface area contributed by atoms with Gasteiger partial charge in [0, 0.05) is 18.8 Å². The third-order valence-electron chi connectivity index (χ3n) is 4.32. The van der Waals surface area contributed by atoms with Crippen molar-refractivity contribution in [2.24, 2.45) is 0 Å². The molecular weight excluding hydrogens is 284 g/mol. The van der Waals surface area contributed by atoms with Crippen LogP contribution in [0.5, 0.6) is 0 Å². The molecule has 0 radical (unpaired) electrons. The molecule has 0 saturated carbocycles. The Morgan fingerprint density at radius 3 is 2.91 bits per heavy atom. The Morgan fingerprint density at radius 2 is 2.18 bits per heavy atom. The fourth-order valence-electron chi connectivity index (χ4n) is 3.26. The Morgan fingerprint density at radius 1 is 1.36 bits per heavy atom. The second-order valence-corrected chi connectivity index (χ2v) is 6.00. The van der Waals surface area contributed by atoms with Crippen LogP contribution in [0.25, 0.3) is 0 Å². The van der Waals surface area contributed by atoms with Gasteiger partial charge >= 0.3 is 5.97 Å². The van der Waals surface area contributed by atoms with E-state index in [0.717, 1.165) is 18.7 Å². The number of carboxylic acid groups (broad SMARTS) is 1. The number of hydrogen-bond acceptors (Lipinski definition) is 4. The molecule has 1 unspecified atom stereocenters. The number of benzene rings is 1. The third kappa shape index (κ3) is 3.06. The van der Waals surface area contributed by atoms with Crippen LogP contribution in [0.3, 0.4) is 0 Å². The first-order valence-electron chi connectivity index (χ1n) is 7.51. The van der Waals surface area contributed by atoms with E-state index in [4.69, 9.17) is 9.84 Å². The first-order valence-corrected chi connectivity index (χ1v) is 7.51. The minimum Gasteiger partial charge on any atom is -0.481 e. The number of carbonyl (C=O) groups is 2. The summed E-state index contributed by atoms with van der Waals surface area (Å²) in [4.78, 5) is 25.4. The number of ether oxygens (including phenoxy) is 1. The number of fused-ring (bicyclic) bond motifs is 1. The predicted octanol–water partition coefficient (Wildman–Crippen LogP) is 0.799. The summed E-state index contributed by atoms with van der Waals surface area (Å²) in [5.74, 6) is -1.07. The van der Waals surface area contributed by atoms with Crippen LogP contribution < -0.4 is 10.2 Å². The number of aliphatic carboxylic acids is 1. The van der Waals surface area contributed by atoms with E-state index in [9.17, 15) is 9.59 Å². The summed E-state index contributed by atoms with van der Waals surface area (Å²) in [5.41, 5.74) is 1.58. The molecule has 0 aliphatic carbocycles. The lowest BCUT2D eigenvalue weighted by atomic mass is 9.94. The van der Waals surface area contributed by atoms with Crippen molar-refractivity contribution in [3.05, 3.63) is 29.8 Å². The highest BCUT2D eigenvalue weighted by molar-refractivity contribution is 5.83. The van der Waals surface area contributed by atoms with Crippen LogP contribution in [0, 0.1) is 0 Å². The smallest absolute Gasteiger partial charge is 0.305 e. The van der Waals surface area contributed by atoms with Gasteiger partial charge in [0.2, 0.25) is 5.91 Å². The first kappa shape index (κ1) is 14.8. The molecule has 2 heterocycles. The summed E-state index contributed by atoms with van der Waals surface area (Å²) in [6.07, 6.45) is 1.38. The van der Waals surface area contributed by atoms with Gasteiger partial charge in [0.05, 0.1) is 25.1 Å². The lowest BCUT2D eigenvalue weighted by Crippen LogP contribution is -2.53. The van der Waals surface area contributed by atoms with E-state index in [0.29, 0.717) is 13.0 Å². The average molecular weight is 304 g/mol. The lowest BCUT2D eigenvalue weighted by Gasteiger charge is -2.28. The maximum atomic E-state index is 12.4. The van der Waals surface area contributed by atoms with Crippen molar-refractivity contribution in [2.75, 3.05) is 31.2 Å². The Hall–Kier alpha value is -2.08. The van der Waals surface area contributed by atoms with Gasteiger partial charge in [0.1, 0.15) is 0 Å². The van der Waals surface area contributed by atoms with E-state index in [1.165, 1.54) is 5.56 Å². The van der Waals surface area contributed by atoms with Crippen LogP contribution in [0.15, 0.2) is 24.3 Å². The van der Waals surface area contributed by atoms with E-state index in [-0.39, 0.29) is 25.5 Å². The summed E-state index contributed by atoms with van der Waals surface area (Å²) in [6, 6.07) is 8.05. The zero-order chi connectivity index (χ0) is 15.6. The molecule has 6 heteroatoms. The highest BCUT2D eigenvalue weighted by Crippen LogP contribution is 2.27. The largest absolute Gasteiger partial charge is 0.481 e. The number of anilines is 1. The van der Waals surface area contributed by atoms with Gasteiger partial charge in [0.15, 0.2) is 0 Å². The molecule has 3 rings (SSSR count). The number of para-hydroxylation sites is 1. The van der Waals surface area contributed by atoms with Crippen LogP contribution in [0.2, 0.25) is 0 Å². The van der Waals surface area contributed by atoms with Crippen LogP contribution in [-0.2, 0) is 20.7 Å². The van der Waals surface area contributed by atoms with Gasteiger partial charge in [-0.15, -0.1) is 0 Å². The van der Waals surface area contributed by atoms with Crippen LogP contribution in [0.1, 0.15) is 18.4 Å². The zero-order valence-corrected chi connectivity index (χ0v) is 12.4. The Kier molecular flexibility index (Phi) is 4.02. The van der Waals surface area contributed by atoms with Gasteiger partial charge in [-0.2, -0.15) is 0 Å². The van der Waals surface area contributed by atoms with Crippen molar-refractivity contribution in [1.29, 1.82) is 0 Å². The number of nitrogens with zero attached hydrogens (tertiary/aromatic N) is 1. The van der Waals surface area contributed by atoms with E-state index in [1.807, 2.05) is 23.1 Å². The van der Waals surface area contributed by atoms with Crippen LogP contribution in [0.4, 0.5) is 5.69 Å². The Labute approximate surface area is 129 Å². The number of carbonyl (C=O) groups excluding carboxylic acids is 1. The fraction of sp³-hybridized carbons (Fsp3) is 0.500.